The van der Waals surface area contributed by atoms with Crippen molar-refractivity contribution in [1.82, 2.24) is 4.57 Å². The Bertz CT molecular complexity index is 1590. The lowest BCUT2D eigenvalue weighted by Gasteiger charge is -2.26. The number of nitrogens with zero attached hydrogens (tertiary/aromatic N) is 2. The number of esters is 1. The van der Waals surface area contributed by atoms with Crippen LogP contribution in [0.2, 0.25) is 0 Å². The second kappa shape index (κ2) is 10.8. The zero-order chi connectivity index (χ0) is 26.9. The predicted molar refractivity (Wildman–Crippen MR) is 142 cm³/mol. The summed E-state index contributed by atoms with van der Waals surface area (Å²) in [7, 11) is 4.49. The molecule has 1 atom stereocenters. The predicted octanol–water partition coefficient (Wildman–Crippen LogP) is 3.29. The first kappa shape index (κ1) is 26.5. The number of phenolic OH excluding ortho intramolecular Hbond substituents is 1. The van der Waals surface area contributed by atoms with Crippen LogP contribution in [0.3, 0.4) is 0 Å². The second-order valence-corrected chi connectivity index (χ2v) is 9.83. The monoisotopic (exact) mass is 588 g/mol. The molecule has 1 aliphatic rings. The van der Waals surface area contributed by atoms with E-state index >= 15 is 0 Å². The number of fused-ring (bicyclic) bond motifs is 1. The smallest absolute Gasteiger partial charge is 0.338 e. The van der Waals surface area contributed by atoms with Crippen molar-refractivity contribution in [1.29, 1.82) is 0 Å². The van der Waals surface area contributed by atoms with Crippen molar-refractivity contribution in [3.63, 3.8) is 0 Å². The minimum absolute atomic E-state index is 0.00545. The van der Waals surface area contributed by atoms with Gasteiger partial charge < -0.3 is 24.1 Å². The molecule has 0 radical (unpaired) electrons. The Morgan fingerprint density at radius 3 is 2.46 bits per heavy atom. The molecule has 0 bridgehead atoms. The SMILES string of the molecule is CCOC(=O)C1=C(C)N=c2s/c(=C\c3ccc(O)c(OC)c3)c(=O)n2[C@H]1c1cc(OC)c(OC)cc1Br. The van der Waals surface area contributed by atoms with Gasteiger partial charge in [0.2, 0.25) is 0 Å². The number of hydrogen-bond acceptors (Lipinski definition) is 9. The van der Waals surface area contributed by atoms with Crippen LogP contribution in [0.15, 0.2) is 55.9 Å². The van der Waals surface area contributed by atoms with Gasteiger partial charge in [-0.2, -0.15) is 0 Å². The van der Waals surface area contributed by atoms with Crippen molar-refractivity contribution in [3.05, 3.63) is 76.9 Å². The maximum Gasteiger partial charge on any atom is 0.338 e. The Hall–Kier alpha value is -3.57. The summed E-state index contributed by atoms with van der Waals surface area (Å²) in [4.78, 5) is 32.0. The third-order valence-electron chi connectivity index (χ3n) is 5.82. The Morgan fingerprint density at radius 2 is 1.81 bits per heavy atom. The number of hydrogen-bond donors (Lipinski definition) is 1. The van der Waals surface area contributed by atoms with Gasteiger partial charge in [-0.05, 0) is 55.3 Å². The van der Waals surface area contributed by atoms with E-state index in [1.54, 1.807) is 44.2 Å². The number of carbonyl (C=O) groups is 1. The number of benzene rings is 2. The average molecular weight is 589 g/mol. The molecule has 1 aliphatic heterocycles. The van der Waals surface area contributed by atoms with Crippen LogP contribution in [0.5, 0.6) is 23.0 Å². The molecule has 0 amide bonds. The number of rotatable bonds is 7. The number of ether oxygens (including phenoxy) is 4. The van der Waals surface area contributed by atoms with Crippen molar-refractivity contribution >= 4 is 39.3 Å². The fourth-order valence-corrected chi connectivity index (χ4v) is 5.69. The standard InChI is InChI=1S/C26H25BrN2O7S/c1-6-36-25(32)22-13(2)28-26-29(23(22)15-11-19(34-4)20(35-5)12-16(15)27)24(31)21(37-26)10-14-7-8-17(30)18(9-14)33-3/h7-12,23,30H,6H2,1-5H3/b21-10-/t23-/m0/s1. The summed E-state index contributed by atoms with van der Waals surface area (Å²) < 4.78 is 23.9. The van der Waals surface area contributed by atoms with E-state index in [0.29, 0.717) is 42.1 Å². The van der Waals surface area contributed by atoms with Gasteiger partial charge in [0.05, 0.1) is 49.8 Å². The number of halogens is 1. The number of methoxy groups -OCH3 is 3. The summed E-state index contributed by atoms with van der Waals surface area (Å²) in [5.41, 5.74) is 1.63. The van der Waals surface area contributed by atoms with Crippen LogP contribution in [0.4, 0.5) is 0 Å². The molecule has 11 heteroatoms. The van der Waals surface area contributed by atoms with E-state index in [0.717, 1.165) is 0 Å². The van der Waals surface area contributed by atoms with Crippen LogP contribution < -0.4 is 29.1 Å². The summed E-state index contributed by atoms with van der Waals surface area (Å²) in [6.45, 7) is 3.61. The van der Waals surface area contributed by atoms with Gasteiger partial charge in [0.25, 0.3) is 5.56 Å². The van der Waals surface area contributed by atoms with Gasteiger partial charge in [-0.1, -0.05) is 33.3 Å². The molecule has 4 rings (SSSR count). The molecule has 1 aromatic heterocycles. The first-order valence-corrected chi connectivity index (χ1v) is 12.8. The van der Waals surface area contributed by atoms with Crippen molar-refractivity contribution in [2.75, 3.05) is 27.9 Å². The lowest BCUT2D eigenvalue weighted by Crippen LogP contribution is -2.40. The highest BCUT2D eigenvalue weighted by Gasteiger charge is 2.35. The molecule has 194 valence electrons. The topological polar surface area (TPSA) is 109 Å². The summed E-state index contributed by atoms with van der Waals surface area (Å²) in [5, 5.41) is 9.92. The molecule has 0 fully saturated rings. The molecule has 0 saturated heterocycles. The van der Waals surface area contributed by atoms with Crippen LogP contribution in [0.25, 0.3) is 6.08 Å². The Kier molecular flexibility index (Phi) is 7.74. The van der Waals surface area contributed by atoms with Crippen LogP contribution in [0, 0.1) is 0 Å². The fraction of sp³-hybridized carbons (Fsp3) is 0.269. The minimum Gasteiger partial charge on any atom is -0.504 e. The van der Waals surface area contributed by atoms with Gasteiger partial charge in [-0.3, -0.25) is 9.36 Å². The van der Waals surface area contributed by atoms with Gasteiger partial charge >= 0.3 is 5.97 Å². The number of carbonyl (C=O) groups excluding carboxylic acids is 1. The van der Waals surface area contributed by atoms with Gasteiger partial charge in [-0.25, -0.2) is 9.79 Å². The summed E-state index contributed by atoms with van der Waals surface area (Å²) in [6.07, 6.45) is 1.69. The van der Waals surface area contributed by atoms with Crippen molar-refractivity contribution < 1.29 is 28.8 Å². The molecule has 3 aromatic rings. The molecule has 0 unspecified atom stereocenters. The summed E-state index contributed by atoms with van der Waals surface area (Å²) in [6, 6.07) is 7.42. The van der Waals surface area contributed by atoms with E-state index in [9.17, 15) is 14.7 Å². The zero-order valence-electron chi connectivity index (χ0n) is 20.8. The zero-order valence-corrected chi connectivity index (χ0v) is 23.2. The Balaban J connectivity index is 2.00. The molecule has 9 nitrogen and oxygen atoms in total. The lowest BCUT2D eigenvalue weighted by molar-refractivity contribution is -0.139. The second-order valence-electron chi connectivity index (χ2n) is 7.96. The molecule has 0 aliphatic carbocycles. The molecule has 0 saturated carbocycles. The van der Waals surface area contributed by atoms with Crippen LogP contribution in [-0.2, 0) is 9.53 Å². The van der Waals surface area contributed by atoms with Crippen molar-refractivity contribution in [2.24, 2.45) is 4.99 Å². The van der Waals surface area contributed by atoms with Crippen LogP contribution in [0.1, 0.15) is 31.0 Å². The summed E-state index contributed by atoms with van der Waals surface area (Å²) in [5.74, 6) is 0.651. The Morgan fingerprint density at radius 1 is 1.14 bits per heavy atom. The number of phenols is 1. The van der Waals surface area contributed by atoms with Crippen molar-refractivity contribution in [2.45, 2.75) is 19.9 Å². The fourth-order valence-electron chi connectivity index (χ4n) is 4.10. The molecular formula is C26H25BrN2O7S. The number of allylic oxidation sites excluding steroid dienone is 1. The molecule has 0 spiro atoms. The van der Waals surface area contributed by atoms with E-state index in [1.165, 1.54) is 43.3 Å². The molecule has 2 aromatic carbocycles. The highest BCUT2D eigenvalue weighted by atomic mass is 79.9. The third-order valence-corrected chi connectivity index (χ3v) is 7.49. The van der Waals surface area contributed by atoms with Gasteiger partial charge in [0.15, 0.2) is 27.8 Å². The molecule has 37 heavy (non-hydrogen) atoms. The van der Waals surface area contributed by atoms with E-state index in [1.807, 2.05) is 0 Å². The van der Waals surface area contributed by atoms with Gasteiger partial charge in [0.1, 0.15) is 0 Å². The quantitative estimate of drug-likeness (QED) is 0.422. The molecule has 2 heterocycles. The minimum atomic E-state index is -0.832. The van der Waals surface area contributed by atoms with E-state index in [4.69, 9.17) is 18.9 Å². The maximum atomic E-state index is 13.8. The van der Waals surface area contributed by atoms with E-state index in [-0.39, 0.29) is 29.2 Å². The van der Waals surface area contributed by atoms with Crippen LogP contribution >= 0.6 is 27.3 Å². The molecule has 1 N–H and O–H groups in total. The summed E-state index contributed by atoms with van der Waals surface area (Å²) >= 11 is 4.78. The highest BCUT2D eigenvalue weighted by molar-refractivity contribution is 9.10. The largest absolute Gasteiger partial charge is 0.504 e. The maximum absolute atomic E-state index is 13.8. The van der Waals surface area contributed by atoms with E-state index < -0.39 is 12.0 Å². The normalized spacial score (nSPS) is 15.2. The lowest BCUT2D eigenvalue weighted by atomic mass is 9.95. The number of thiazole rings is 1. The van der Waals surface area contributed by atoms with Gasteiger partial charge in [0, 0.05) is 4.47 Å². The first-order chi connectivity index (χ1) is 17.7. The first-order valence-electron chi connectivity index (χ1n) is 11.2. The Labute approximate surface area is 225 Å². The third kappa shape index (κ3) is 4.88. The average Bonchev–Trinajstić information content (AvgIpc) is 3.18. The highest BCUT2D eigenvalue weighted by Crippen LogP contribution is 2.40. The molecular weight excluding hydrogens is 564 g/mol. The van der Waals surface area contributed by atoms with E-state index in [2.05, 4.69) is 20.9 Å². The number of aromatic nitrogens is 1. The van der Waals surface area contributed by atoms with Gasteiger partial charge in [-0.15, -0.1) is 0 Å². The van der Waals surface area contributed by atoms with Crippen LogP contribution in [-0.4, -0.2) is 43.6 Å². The van der Waals surface area contributed by atoms with Crippen molar-refractivity contribution in [3.8, 4) is 23.0 Å². The number of aromatic hydroxyl groups is 1.